The highest BCUT2D eigenvalue weighted by atomic mass is 32.1. The van der Waals surface area contributed by atoms with E-state index in [2.05, 4.69) is 0 Å². The van der Waals surface area contributed by atoms with Gasteiger partial charge in [0.2, 0.25) is 5.76 Å². The topological polar surface area (TPSA) is 72.6 Å². The van der Waals surface area contributed by atoms with Crippen LogP contribution in [-0.4, -0.2) is 17.5 Å². The van der Waals surface area contributed by atoms with E-state index in [1.807, 2.05) is 56.3 Å². The first-order valence-corrected chi connectivity index (χ1v) is 11.9. The van der Waals surface area contributed by atoms with Gasteiger partial charge in [-0.2, -0.15) is 0 Å². The summed E-state index contributed by atoms with van der Waals surface area (Å²) in [6.07, 6.45) is 0. The Balaban J connectivity index is 1.58. The summed E-state index contributed by atoms with van der Waals surface area (Å²) >= 11 is 1.39. The zero-order valence-electron chi connectivity index (χ0n) is 18.6. The van der Waals surface area contributed by atoms with Crippen LogP contribution in [0.4, 0.5) is 5.13 Å². The zero-order chi connectivity index (χ0) is 23.4. The van der Waals surface area contributed by atoms with E-state index in [-0.39, 0.29) is 17.1 Å². The van der Waals surface area contributed by atoms with Crippen molar-refractivity contribution in [3.63, 3.8) is 0 Å². The van der Waals surface area contributed by atoms with E-state index in [4.69, 9.17) is 14.1 Å². The molecule has 6 nitrogen and oxygen atoms in total. The minimum Gasteiger partial charge on any atom is -0.494 e. The number of carbonyl (C=O) groups is 1. The van der Waals surface area contributed by atoms with Gasteiger partial charge in [0.15, 0.2) is 10.6 Å². The molecule has 0 radical (unpaired) electrons. The van der Waals surface area contributed by atoms with Crippen molar-refractivity contribution in [1.82, 2.24) is 4.98 Å². The monoisotopic (exact) mass is 468 g/mol. The van der Waals surface area contributed by atoms with E-state index in [0.29, 0.717) is 28.3 Å². The van der Waals surface area contributed by atoms with Crippen LogP contribution in [0.25, 0.3) is 21.2 Å². The van der Waals surface area contributed by atoms with Crippen LogP contribution in [0.15, 0.2) is 75.9 Å². The maximum absolute atomic E-state index is 13.7. The number of carbonyl (C=O) groups excluding carboxylic acids is 1. The van der Waals surface area contributed by atoms with Crippen molar-refractivity contribution in [2.24, 2.45) is 0 Å². The van der Waals surface area contributed by atoms with Gasteiger partial charge in [-0.1, -0.05) is 53.3 Å². The largest absolute Gasteiger partial charge is 0.494 e. The number of hydrogen-bond acceptors (Lipinski definition) is 6. The molecule has 5 aromatic rings. The number of thiazole rings is 1. The third-order valence-corrected chi connectivity index (χ3v) is 7.05. The Hall–Kier alpha value is -3.97. The lowest BCUT2D eigenvalue weighted by molar-refractivity contribution is 0.0971. The standard InChI is InChI=1S/C27H20N2O4S/c1-3-32-17-12-13-19-21(14-17)34-27(28-19)29-23(16-10-8-15(2)9-11-16)22-24(30)18-6-4-5-7-20(18)33-25(22)26(29)31/h4-14,23H,3H2,1-2H3. The SMILES string of the molecule is CCOc1ccc2nc(N3C(=O)c4oc5ccccc5c(=O)c4C3c3ccc(C)cc3)sc2c1. The second-order valence-corrected chi connectivity index (χ2v) is 9.23. The number of aromatic nitrogens is 1. The lowest BCUT2D eigenvalue weighted by atomic mass is 9.98. The van der Waals surface area contributed by atoms with Crippen molar-refractivity contribution in [3.8, 4) is 5.75 Å². The van der Waals surface area contributed by atoms with Crippen molar-refractivity contribution in [2.75, 3.05) is 11.5 Å². The van der Waals surface area contributed by atoms with Gasteiger partial charge in [-0.25, -0.2) is 4.98 Å². The highest BCUT2D eigenvalue weighted by Crippen LogP contribution is 2.44. The molecule has 1 aliphatic heterocycles. The number of nitrogens with zero attached hydrogens (tertiary/aromatic N) is 2. The molecule has 2 aromatic heterocycles. The number of fused-ring (bicyclic) bond motifs is 3. The maximum atomic E-state index is 13.7. The molecular formula is C27H20N2O4S. The van der Waals surface area contributed by atoms with Gasteiger partial charge in [-0.05, 0) is 49.7 Å². The molecule has 7 heteroatoms. The predicted molar refractivity (Wildman–Crippen MR) is 133 cm³/mol. The van der Waals surface area contributed by atoms with Crippen LogP contribution in [0.1, 0.15) is 40.2 Å². The van der Waals surface area contributed by atoms with Gasteiger partial charge in [0.05, 0.1) is 33.8 Å². The molecule has 0 fully saturated rings. The molecule has 0 spiro atoms. The van der Waals surface area contributed by atoms with Crippen LogP contribution in [0.3, 0.4) is 0 Å². The smallest absolute Gasteiger partial charge is 0.297 e. The van der Waals surface area contributed by atoms with Gasteiger partial charge >= 0.3 is 0 Å². The summed E-state index contributed by atoms with van der Waals surface area (Å²) < 4.78 is 12.5. The van der Waals surface area contributed by atoms with E-state index in [1.54, 1.807) is 29.2 Å². The fourth-order valence-electron chi connectivity index (χ4n) is 4.43. The van der Waals surface area contributed by atoms with E-state index < -0.39 is 6.04 Å². The zero-order valence-corrected chi connectivity index (χ0v) is 19.4. The Bertz CT molecular complexity index is 1630. The molecule has 0 saturated heterocycles. The number of benzene rings is 3. The summed E-state index contributed by atoms with van der Waals surface area (Å²) in [5.41, 5.74) is 3.23. The molecule has 0 N–H and O–H groups in total. The Labute approximate surface area is 199 Å². The summed E-state index contributed by atoms with van der Waals surface area (Å²) in [5, 5.41) is 0.966. The first kappa shape index (κ1) is 20.6. The van der Waals surface area contributed by atoms with Crippen molar-refractivity contribution in [2.45, 2.75) is 19.9 Å². The predicted octanol–water partition coefficient (Wildman–Crippen LogP) is 5.86. The minimum absolute atomic E-state index is 0.0727. The van der Waals surface area contributed by atoms with Crippen LogP contribution in [-0.2, 0) is 0 Å². The van der Waals surface area contributed by atoms with Gasteiger partial charge in [-0.3, -0.25) is 14.5 Å². The summed E-state index contributed by atoms with van der Waals surface area (Å²) in [6, 6.07) is 19.9. The molecule has 3 aromatic carbocycles. The van der Waals surface area contributed by atoms with Gasteiger partial charge in [0.25, 0.3) is 5.91 Å². The fourth-order valence-corrected chi connectivity index (χ4v) is 5.45. The van der Waals surface area contributed by atoms with Crippen LogP contribution >= 0.6 is 11.3 Å². The lowest BCUT2D eigenvalue weighted by Crippen LogP contribution is -2.29. The molecule has 1 aliphatic rings. The highest BCUT2D eigenvalue weighted by Gasteiger charge is 2.45. The number of hydrogen-bond donors (Lipinski definition) is 0. The number of rotatable bonds is 4. The van der Waals surface area contributed by atoms with E-state index in [9.17, 15) is 9.59 Å². The van der Waals surface area contributed by atoms with Crippen molar-refractivity contribution < 1.29 is 13.9 Å². The number of aryl methyl sites for hydroxylation is 1. The number of amides is 1. The van der Waals surface area contributed by atoms with Gasteiger partial charge < -0.3 is 9.15 Å². The summed E-state index contributed by atoms with van der Waals surface area (Å²) in [7, 11) is 0. The molecule has 1 unspecified atom stereocenters. The first-order valence-electron chi connectivity index (χ1n) is 11.0. The van der Waals surface area contributed by atoms with E-state index in [0.717, 1.165) is 27.1 Å². The second-order valence-electron chi connectivity index (χ2n) is 8.22. The van der Waals surface area contributed by atoms with Crippen LogP contribution in [0.2, 0.25) is 0 Å². The summed E-state index contributed by atoms with van der Waals surface area (Å²) in [6.45, 7) is 4.50. The average Bonchev–Trinajstić information content (AvgIpc) is 3.38. The van der Waals surface area contributed by atoms with Crippen LogP contribution in [0, 0.1) is 6.92 Å². The molecule has 0 bridgehead atoms. The Morgan fingerprint density at radius 3 is 2.65 bits per heavy atom. The van der Waals surface area contributed by atoms with E-state index in [1.165, 1.54) is 11.3 Å². The van der Waals surface area contributed by atoms with Crippen molar-refractivity contribution >= 4 is 43.6 Å². The lowest BCUT2D eigenvalue weighted by Gasteiger charge is -2.22. The Kier molecular flexibility index (Phi) is 4.74. The van der Waals surface area contributed by atoms with Crippen molar-refractivity contribution in [3.05, 3.63) is 99.4 Å². The van der Waals surface area contributed by atoms with Gasteiger partial charge in [0.1, 0.15) is 11.3 Å². The average molecular weight is 469 g/mol. The third kappa shape index (κ3) is 3.12. The molecule has 168 valence electrons. The van der Waals surface area contributed by atoms with E-state index >= 15 is 0 Å². The molecular weight excluding hydrogens is 448 g/mol. The Morgan fingerprint density at radius 1 is 1.06 bits per heavy atom. The minimum atomic E-state index is -0.629. The molecule has 1 amide bonds. The van der Waals surface area contributed by atoms with Crippen molar-refractivity contribution in [1.29, 1.82) is 0 Å². The van der Waals surface area contributed by atoms with Crippen LogP contribution in [0.5, 0.6) is 5.75 Å². The van der Waals surface area contributed by atoms with Crippen LogP contribution < -0.4 is 15.1 Å². The molecule has 1 atom stereocenters. The molecule has 6 rings (SSSR count). The normalized spacial score (nSPS) is 15.3. The maximum Gasteiger partial charge on any atom is 0.297 e. The molecule has 0 aliphatic carbocycles. The molecule has 34 heavy (non-hydrogen) atoms. The summed E-state index contributed by atoms with van der Waals surface area (Å²) in [5.74, 6) is 0.454. The quantitative estimate of drug-likeness (QED) is 0.330. The number of ether oxygens (including phenoxy) is 1. The number of anilines is 1. The van der Waals surface area contributed by atoms with Gasteiger partial charge in [0, 0.05) is 0 Å². The summed E-state index contributed by atoms with van der Waals surface area (Å²) in [4.78, 5) is 33.7. The Morgan fingerprint density at radius 2 is 1.85 bits per heavy atom. The third-order valence-electron chi connectivity index (χ3n) is 6.04. The fraction of sp³-hybridized carbons (Fsp3) is 0.148. The highest BCUT2D eigenvalue weighted by molar-refractivity contribution is 7.22. The second kappa shape index (κ2) is 7.81. The molecule has 3 heterocycles. The number of para-hydroxylation sites is 1. The van der Waals surface area contributed by atoms with Gasteiger partial charge in [-0.15, -0.1) is 0 Å². The molecule has 0 saturated carbocycles. The first-order chi connectivity index (χ1) is 16.5.